The van der Waals surface area contributed by atoms with Crippen molar-refractivity contribution in [2.24, 2.45) is 11.1 Å². The minimum Gasteiger partial charge on any atom is -0.375 e. The molecule has 0 aromatic carbocycles. The molecule has 0 heterocycles. The normalized spacial score (nSPS) is 35.8. The first-order valence-corrected chi connectivity index (χ1v) is 4.89. The Hall–Kier alpha value is -0.0800. The molecule has 2 heteroatoms. The molecule has 72 valence electrons. The Kier molecular flexibility index (Phi) is 2.79. The second-order valence-electron chi connectivity index (χ2n) is 4.51. The van der Waals surface area contributed by atoms with E-state index in [9.17, 15) is 0 Å². The largest absolute Gasteiger partial charge is 0.375 e. The molecule has 2 N–H and O–H groups in total. The van der Waals surface area contributed by atoms with Crippen LogP contribution in [0.5, 0.6) is 0 Å². The van der Waals surface area contributed by atoms with Crippen molar-refractivity contribution >= 4 is 0 Å². The van der Waals surface area contributed by atoms with Gasteiger partial charge >= 0.3 is 0 Å². The van der Waals surface area contributed by atoms with E-state index in [2.05, 4.69) is 27.7 Å². The molecule has 1 fully saturated rings. The minimum absolute atomic E-state index is 0.184. The summed E-state index contributed by atoms with van der Waals surface area (Å²) in [6, 6.07) is 0.326. The van der Waals surface area contributed by atoms with Crippen LogP contribution in [0.1, 0.15) is 40.5 Å². The number of hydrogen-bond acceptors (Lipinski definition) is 2. The van der Waals surface area contributed by atoms with Crippen molar-refractivity contribution in [3.05, 3.63) is 0 Å². The summed E-state index contributed by atoms with van der Waals surface area (Å²) >= 11 is 0. The lowest BCUT2D eigenvalue weighted by Crippen LogP contribution is -2.59. The van der Waals surface area contributed by atoms with Crippen molar-refractivity contribution in [1.29, 1.82) is 0 Å². The van der Waals surface area contributed by atoms with E-state index >= 15 is 0 Å². The average Bonchev–Trinajstić information content (AvgIpc) is 2.03. The molecule has 0 aliphatic heterocycles. The summed E-state index contributed by atoms with van der Waals surface area (Å²) < 4.78 is 5.84. The van der Waals surface area contributed by atoms with E-state index in [0.717, 1.165) is 12.8 Å². The minimum atomic E-state index is 0.184. The average molecular weight is 171 g/mol. The Morgan fingerprint density at radius 1 is 1.58 bits per heavy atom. The van der Waals surface area contributed by atoms with Crippen LogP contribution in [0.4, 0.5) is 0 Å². The lowest BCUT2D eigenvalue weighted by atomic mass is 9.65. The van der Waals surface area contributed by atoms with E-state index < -0.39 is 0 Å². The molecule has 0 saturated heterocycles. The molecule has 0 radical (unpaired) electrons. The van der Waals surface area contributed by atoms with Crippen LogP contribution in [0.15, 0.2) is 0 Å². The smallest absolute Gasteiger partial charge is 0.0659 e. The molecule has 3 unspecified atom stereocenters. The summed E-state index contributed by atoms with van der Waals surface area (Å²) in [7, 11) is 0. The van der Waals surface area contributed by atoms with Crippen LogP contribution < -0.4 is 5.73 Å². The van der Waals surface area contributed by atoms with Gasteiger partial charge in [-0.15, -0.1) is 0 Å². The second kappa shape index (κ2) is 3.35. The van der Waals surface area contributed by atoms with Gasteiger partial charge in [-0.1, -0.05) is 20.8 Å². The zero-order valence-electron chi connectivity index (χ0n) is 8.63. The lowest BCUT2D eigenvalue weighted by molar-refractivity contribution is -0.135. The van der Waals surface area contributed by atoms with Crippen molar-refractivity contribution < 1.29 is 4.74 Å². The highest BCUT2D eigenvalue weighted by Crippen LogP contribution is 2.41. The molecule has 1 aliphatic rings. The van der Waals surface area contributed by atoms with Gasteiger partial charge in [0.05, 0.1) is 12.2 Å². The Balaban J connectivity index is 2.37. The Labute approximate surface area is 75.5 Å². The molecule has 0 spiro atoms. The maximum absolute atomic E-state index is 5.88. The van der Waals surface area contributed by atoms with Crippen LogP contribution >= 0.6 is 0 Å². The van der Waals surface area contributed by atoms with E-state index in [-0.39, 0.29) is 5.41 Å². The van der Waals surface area contributed by atoms with E-state index in [0.29, 0.717) is 18.2 Å². The van der Waals surface area contributed by atoms with Crippen LogP contribution in [0.2, 0.25) is 0 Å². The first-order valence-electron chi connectivity index (χ1n) is 4.89. The molecule has 1 rings (SSSR count). The second-order valence-corrected chi connectivity index (χ2v) is 4.51. The van der Waals surface area contributed by atoms with Gasteiger partial charge in [-0.2, -0.15) is 0 Å². The monoisotopic (exact) mass is 171 g/mol. The molecule has 1 aliphatic carbocycles. The van der Waals surface area contributed by atoms with E-state index in [1.165, 1.54) is 0 Å². The molecule has 2 nitrogen and oxygen atoms in total. The fourth-order valence-electron chi connectivity index (χ4n) is 1.52. The standard InChI is InChI=1S/C10H21NO/c1-5-7(2)12-9-6-8(11)10(9,3)4/h7-9H,5-6,11H2,1-4H3. The zero-order valence-corrected chi connectivity index (χ0v) is 8.63. The number of rotatable bonds is 3. The SMILES string of the molecule is CCC(C)OC1CC(N)C1(C)C. The van der Waals surface area contributed by atoms with Gasteiger partial charge in [0.15, 0.2) is 0 Å². The maximum Gasteiger partial charge on any atom is 0.0659 e. The molecular weight excluding hydrogens is 150 g/mol. The van der Waals surface area contributed by atoms with E-state index in [4.69, 9.17) is 10.5 Å². The van der Waals surface area contributed by atoms with Gasteiger partial charge in [-0.05, 0) is 19.8 Å². The quantitative estimate of drug-likeness (QED) is 0.704. The zero-order chi connectivity index (χ0) is 9.35. The third-order valence-electron chi connectivity index (χ3n) is 3.23. The molecule has 0 amide bonds. The van der Waals surface area contributed by atoms with Crippen LogP contribution in [-0.2, 0) is 4.74 Å². The molecule has 0 bridgehead atoms. The van der Waals surface area contributed by atoms with Crippen LogP contribution in [0.25, 0.3) is 0 Å². The van der Waals surface area contributed by atoms with Crippen LogP contribution in [0.3, 0.4) is 0 Å². The molecule has 0 aromatic rings. The van der Waals surface area contributed by atoms with Crippen molar-refractivity contribution in [2.75, 3.05) is 0 Å². The highest BCUT2D eigenvalue weighted by molar-refractivity contribution is 5.01. The highest BCUT2D eigenvalue weighted by Gasteiger charge is 2.47. The third-order valence-corrected chi connectivity index (χ3v) is 3.23. The van der Waals surface area contributed by atoms with Gasteiger partial charge < -0.3 is 10.5 Å². The summed E-state index contributed by atoms with van der Waals surface area (Å²) in [5.74, 6) is 0. The summed E-state index contributed by atoms with van der Waals surface area (Å²) in [6.45, 7) is 8.65. The fraction of sp³-hybridized carbons (Fsp3) is 1.00. The van der Waals surface area contributed by atoms with Gasteiger partial charge in [-0.3, -0.25) is 0 Å². The van der Waals surface area contributed by atoms with Crippen molar-refractivity contribution in [1.82, 2.24) is 0 Å². The molecule has 1 saturated carbocycles. The Morgan fingerprint density at radius 3 is 2.50 bits per heavy atom. The van der Waals surface area contributed by atoms with Gasteiger partial charge in [0.2, 0.25) is 0 Å². The van der Waals surface area contributed by atoms with Gasteiger partial charge in [0, 0.05) is 11.5 Å². The van der Waals surface area contributed by atoms with Crippen molar-refractivity contribution in [3.8, 4) is 0 Å². The Bertz CT molecular complexity index is 156. The molecule has 3 atom stereocenters. The highest BCUT2D eigenvalue weighted by atomic mass is 16.5. The predicted octanol–water partition coefficient (Wildman–Crippen LogP) is 1.93. The maximum atomic E-state index is 5.88. The summed E-state index contributed by atoms with van der Waals surface area (Å²) in [4.78, 5) is 0. The van der Waals surface area contributed by atoms with Gasteiger partial charge in [0.25, 0.3) is 0 Å². The first kappa shape index (κ1) is 10.0. The lowest BCUT2D eigenvalue weighted by Gasteiger charge is -2.50. The first-order chi connectivity index (χ1) is 5.48. The number of hydrogen-bond donors (Lipinski definition) is 1. The summed E-state index contributed by atoms with van der Waals surface area (Å²) in [5, 5.41) is 0. The molecular formula is C10H21NO. The molecule has 0 aromatic heterocycles. The van der Waals surface area contributed by atoms with Crippen molar-refractivity contribution in [2.45, 2.75) is 58.8 Å². The van der Waals surface area contributed by atoms with Gasteiger partial charge in [0.1, 0.15) is 0 Å². The number of nitrogens with two attached hydrogens (primary N) is 1. The number of ether oxygens (including phenoxy) is 1. The van der Waals surface area contributed by atoms with Crippen molar-refractivity contribution in [3.63, 3.8) is 0 Å². The van der Waals surface area contributed by atoms with Crippen LogP contribution in [-0.4, -0.2) is 18.2 Å². The van der Waals surface area contributed by atoms with Crippen LogP contribution in [0, 0.1) is 5.41 Å². The fourth-order valence-corrected chi connectivity index (χ4v) is 1.52. The van der Waals surface area contributed by atoms with Gasteiger partial charge in [-0.25, -0.2) is 0 Å². The van der Waals surface area contributed by atoms with E-state index in [1.807, 2.05) is 0 Å². The summed E-state index contributed by atoms with van der Waals surface area (Å²) in [5.41, 5.74) is 6.07. The predicted molar refractivity (Wildman–Crippen MR) is 51.0 cm³/mol. The molecule has 12 heavy (non-hydrogen) atoms. The Morgan fingerprint density at radius 2 is 2.17 bits per heavy atom. The topological polar surface area (TPSA) is 35.2 Å². The summed E-state index contributed by atoms with van der Waals surface area (Å²) in [6.07, 6.45) is 2.86. The van der Waals surface area contributed by atoms with E-state index in [1.54, 1.807) is 0 Å². The third kappa shape index (κ3) is 1.64.